The molecule has 3 heterocycles. The van der Waals surface area contributed by atoms with E-state index in [4.69, 9.17) is 5.73 Å². The Balaban J connectivity index is 1.57. The van der Waals surface area contributed by atoms with Crippen molar-refractivity contribution in [3.8, 4) is 0 Å². The third kappa shape index (κ3) is 3.96. The van der Waals surface area contributed by atoms with Gasteiger partial charge in [-0.15, -0.1) is 21.5 Å². The van der Waals surface area contributed by atoms with Crippen molar-refractivity contribution in [1.29, 1.82) is 0 Å². The van der Waals surface area contributed by atoms with E-state index in [1.165, 1.54) is 11.3 Å². The van der Waals surface area contributed by atoms with Gasteiger partial charge in [-0.1, -0.05) is 23.1 Å². The van der Waals surface area contributed by atoms with Crippen LogP contribution in [0.25, 0.3) is 0 Å². The Morgan fingerprint density at radius 2 is 2.21 bits per heavy atom. The van der Waals surface area contributed by atoms with Gasteiger partial charge in [-0.2, -0.15) is 0 Å². The summed E-state index contributed by atoms with van der Waals surface area (Å²) in [6, 6.07) is 3.74. The molecule has 6 nitrogen and oxygen atoms in total. The first-order valence-corrected chi connectivity index (χ1v) is 10.3. The van der Waals surface area contributed by atoms with Crippen molar-refractivity contribution in [1.82, 2.24) is 15.1 Å². The largest absolute Gasteiger partial charge is 0.365 e. The normalized spacial score (nSPS) is 17.4. The van der Waals surface area contributed by atoms with Crippen LogP contribution in [0.15, 0.2) is 16.5 Å². The quantitative estimate of drug-likeness (QED) is 0.776. The fraction of sp³-hybridized carbons (Fsp3) is 0.467. The molecule has 9 heteroatoms. The number of hydrogen-bond donors (Lipinski definition) is 1. The molecule has 1 atom stereocenters. The number of carbonyl (C=O) groups excluding carboxylic acids is 2. The van der Waals surface area contributed by atoms with E-state index in [0.29, 0.717) is 17.1 Å². The van der Waals surface area contributed by atoms with Crippen molar-refractivity contribution in [2.24, 2.45) is 5.73 Å². The van der Waals surface area contributed by atoms with E-state index < -0.39 is 5.91 Å². The summed E-state index contributed by atoms with van der Waals surface area (Å²) in [5, 5.41) is 8.97. The fourth-order valence-corrected chi connectivity index (χ4v) is 5.55. The van der Waals surface area contributed by atoms with Crippen LogP contribution in [0.5, 0.6) is 0 Å². The second kappa shape index (κ2) is 7.62. The number of likely N-dealkylation sites (tertiary alicyclic amines) is 1. The lowest BCUT2D eigenvalue weighted by Crippen LogP contribution is -2.30. The second-order valence-electron chi connectivity index (χ2n) is 5.50. The minimum Gasteiger partial charge on any atom is -0.365 e. The molecule has 1 fully saturated rings. The molecule has 3 rings (SSSR count). The molecule has 0 aromatic carbocycles. The van der Waals surface area contributed by atoms with E-state index in [-0.39, 0.29) is 11.9 Å². The highest BCUT2D eigenvalue weighted by Gasteiger charge is 2.30. The molecule has 0 saturated carbocycles. The number of amides is 2. The van der Waals surface area contributed by atoms with Crippen LogP contribution < -0.4 is 5.73 Å². The van der Waals surface area contributed by atoms with E-state index >= 15 is 0 Å². The summed E-state index contributed by atoms with van der Waals surface area (Å²) < 4.78 is 0.905. The zero-order valence-corrected chi connectivity index (χ0v) is 15.7. The average Bonchev–Trinajstić information content (AvgIpc) is 3.26. The lowest BCUT2D eigenvalue weighted by molar-refractivity contribution is -0.131. The molecular weight excluding hydrogens is 364 g/mol. The van der Waals surface area contributed by atoms with Gasteiger partial charge in [0.05, 0.1) is 10.9 Å². The maximum atomic E-state index is 12.6. The first-order valence-electron chi connectivity index (χ1n) is 7.66. The lowest BCUT2D eigenvalue weighted by Gasteiger charge is -2.23. The molecule has 1 aliphatic rings. The van der Waals surface area contributed by atoms with E-state index in [0.717, 1.165) is 33.6 Å². The summed E-state index contributed by atoms with van der Waals surface area (Å²) in [4.78, 5) is 27.3. The maximum absolute atomic E-state index is 12.6. The zero-order valence-electron chi connectivity index (χ0n) is 13.2. The Labute approximate surface area is 152 Å². The van der Waals surface area contributed by atoms with Crippen LogP contribution >= 0.6 is 34.4 Å². The van der Waals surface area contributed by atoms with Crippen LogP contribution in [0.4, 0.5) is 0 Å². The highest BCUT2D eigenvalue weighted by Crippen LogP contribution is 2.36. The summed E-state index contributed by atoms with van der Waals surface area (Å²) in [5.74, 6) is 0.444. The van der Waals surface area contributed by atoms with Crippen molar-refractivity contribution in [2.45, 2.75) is 36.6 Å². The van der Waals surface area contributed by atoms with Crippen LogP contribution in [0.3, 0.4) is 0 Å². The number of aryl methyl sites for hydroxylation is 1. The monoisotopic (exact) mass is 382 g/mol. The molecule has 1 aliphatic heterocycles. The maximum Gasteiger partial charge on any atom is 0.258 e. The van der Waals surface area contributed by atoms with Gasteiger partial charge in [-0.3, -0.25) is 9.59 Å². The van der Waals surface area contributed by atoms with E-state index in [1.807, 2.05) is 17.9 Å². The van der Waals surface area contributed by atoms with Crippen LogP contribution in [-0.2, 0) is 4.79 Å². The molecule has 2 amide bonds. The van der Waals surface area contributed by atoms with Gasteiger partial charge in [0.25, 0.3) is 5.91 Å². The minimum absolute atomic E-state index is 0.0735. The standard InChI is InChI=1S/C15H18N4O2S3/c1-9-17-18-15(23-9)22-8-6-13(20)19-7-2-3-10(19)11-4-5-12(24-11)14(16)21/h4-5,10H,2-3,6-8H2,1H3,(H2,16,21)/t10-/m1/s1. The molecule has 2 aromatic heterocycles. The number of thiophene rings is 1. The van der Waals surface area contributed by atoms with Crippen LogP contribution in [0.2, 0.25) is 0 Å². The highest BCUT2D eigenvalue weighted by atomic mass is 32.2. The molecule has 2 N–H and O–H groups in total. The fourth-order valence-electron chi connectivity index (χ4n) is 2.73. The third-order valence-corrected chi connectivity index (χ3v) is 6.99. The topological polar surface area (TPSA) is 89.2 Å². The summed E-state index contributed by atoms with van der Waals surface area (Å²) in [6.07, 6.45) is 2.41. The zero-order chi connectivity index (χ0) is 17.1. The molecule has 1 saturated heterocycles. The Morgan fingerprint density at radius 3 is 2.88 bits per heavy atom. The first-order chi connectivity index (χ1) is 11.5. The predicted octanol–water partition coefficient (Wildman–Crippen LogP) is 2.85. The summed E-state index contributed by atoms with van der Waals surface area (Å²) in [5.41, 5.74) is 5.32. The molecular formula is C15H18N4O2S3. The number of aromatic nitrogens is 2. The molecule has 0 unspecified atom stereocenters. The van der Waals surface area contributed by atoms with Crippen molar-refractivity contribution in [2.75, 3.05) is 12.3 Å². The van der Waals surface area contributed by atoms with Crippen molar-refractivity contribution in [3.63, 3.8) is 0 Å². The second-order valence-corrected chi connectivity index (χ2v) is 9.14. The van der Waals surface area contributed by atoms with E-state index in [2.05, 4.69) is 10.2 Å². The number of rotatable bonds is 6. The number of thioether (sulfide) groups is 1. The van der Waals surface area contributed by atoms with Gasteiger partial charge in [0.2, 0.25) is 5.91 Å². The van der Waals surface area contributed by atoms with Crippen LogP contribution in [0, 0.1) is 6.92 Å². The van der Waals surface area contributed by atoms with E-state index in [1.54, 1.807) is 29.2 Å². The molecule has 2 aromatic rings. The molecule has 0 radical (unpaired) electrons. The molecule has 0 spiro atoms. The van der Waals surface area contributed by atoms with Gasteiger partial charge in [0.15, 0.2) is 4.34 Å². The summed E-state index contributed by atoms with van der Waals surface area (Å²) in [7, 11) is 0. The average molecular weight is 383 g/mol. The molecule has 0 bridgehead atoms. The number of nitrogens with zero attached hydrogens (tertiary/aromatic N) is 3. The van der Waals surface area contributed by atoms with Crippen LogP contribution in [0.1, 0.15) is 44.9 Å². The first kappa shape index (κ1) is 17.4. The van der Waals surface area contributed by atoms with Gasteiger partial charge in [0.1, 0.15) is 5.01 Å². The van der Waals surface area contributed by atoms with Gasteiger partial charge < -0.3 is 10.6 Å². The highest BCUT2D eigenvalue weighted by molar-refractivity contribution is 8.01. The lowest BCUT2D eigenvalue weighted by atomic mass is 10.2. The van der Waals surface area contributed by atoms with Gasteiger partial charge in [0, 0.05) is 23.6 Å². The molecule has 0 aliphatic carbocycles. The van der Waals surface area contributed by atoms with E-state index in [9.17, 15) is 9.59 Å². The van der Waals surface area contributed by atoms with Crippen LogP contribution in [-0.4, -0.2) is 39.2 Å². The third-order valence-electron chi connectivity index (χ3n) is 3.82. The van der Waals surface area contributed by atoms with Gasteiger partial charge in [-0.05, 0) is 31.9 Å². The molecule has 24 heavy (non-hydrogen) atoms. The predicted molar refractivity (Wildman–Crippen MR) is 96.5 cm³/mol. The summed E-state index contributed by atoms with van der Waals surface area (Å²) >= 11 is 4.51. The smallest absolute Gasteiger partial charge is 0.258 e. The minimum atomic E-state index is -0.411. The number of primary amides is 1. The van der Waals surface area contributed by atoms with Gasteiger partial charge in [-0.25, -0.2) is 0 Å². The number of nitrogens with two attached hydrogens (primary N) is 1. The Hall–Kier alpha value is -1.45. The van der Waals surface area contributed by atoms with Crippen molar-refractivity contribution >= 4 is 46.2 Å². The summed E-state index contributed by atoms with van der Waals surface area (Å²) in [6.45, 7) is 2.69. The van der Waals surface area contributed by atoms with Gasteiger partial charge >= 0.3 is 0 Å². The Kier molecular flexibility index (Phi) is 5.52. The Morgan fingerprint density at radius 1 is 1.38 bits per heavy atom. The molecule has 128 valence electrons. The number of hydrogen-bond acceptors (Lipinski definition) is 7. The number of carbonyl (C=O) groups is 2. The Bertz CT molecular complexity index is 743. The van der Waals surface area contributed by atoms with Crippen molar-refractivity contribution in [3.05, 3.63) is 26.9 Å². The van der Waals surface area contributed by atoms with Crippen molar-refractivity contribution < 1.29 is 9.59 Å². The SMILES string of the molecule is Cc1nnc(SCCC(=O)N2CCC[C@@H]2c2ccc(C(N)=O)s2)s1.